The first kappa shape index (κ1) is 13.1. The predicted octanol–water partition coefficient (Wildman–Crippen LogP) is 3.62. The molecular formula is C17H20N2O. The summed E-state index contributed by atoms with van der Waals surface area (Å²) in [7, 11) is 0. The minimum atomic E-state index is 0.623. The molecule has 0 bridgehead atoms. The highest BCUT2D eigenvalue weighted by atomic mass is 16.1. The summed E-state index contributed by atoms with van der Waals surface area (Å²) < 4.78 is 2.24. The number of carbonyl (C=O) groups is 1. The first-order chi connectivity index (χ1) is 9.63. The van der Waals surface area contributed by atoms with E-state index in [1.807, 2.05) is 0 Å². The van der Waals surface area contributed by atoms with Gasteiger partial charge in [-0.15, -0.1) is 0 Å². The summed E-state index contributed by atoms with van der Waals surface area (Å²) in [5.74, 6) is 0.961. The Balaban J connectivity index is 2.23. The Hall–Kier alpha value is -1.90. The van der Waals surface area contributed by atoms with Gasteiger partial charge in [-0.05, 0) is 56.7 Å². The molecule has 1 aliphatic rings. The molecule has 0 radical (unpaired) electrons. The molecule has 1 aliphatic heterocycles. The third-order valence-corrected chi connectivity index (χ3v) is 4.56. The molecule has 1 aromatic carbocycles. The minimum Gasteiger partial charge on any atom is -0.327 e. The molecule has 0 unspecified atom stereocenters. The minimum absolute atomic E-state index is 0.623. The molecule has 3 heteroatoms. The molecule has 0 aliphatic carbocycles. The highest BCUT2D eigenvalue weighted by Crippen LogP contribution is 2.31. The van der Waals surface area contributed by atoms with Crippen molar-refractivity contribution in [3.63, 3.8) is 0 Å². The number of aromatic nitrogens is 2. The van der Waals surface area contributed by atoms with Gasteiger partial charge in [0, 0.05) is 17.8 Å². The van der Waals surface area contributed by atoms with E-state index in [4.69, 9.17) is 0 Å². The topological polar surface area (TPSA) is 34.9 Å². The second-order valence-electron chi connectivity index (χ2n) is 5.67. The molecule has 0 atom stereocenters. The van der Waals surface area contributed by atoms with Gasteiger partial charge in [-0.3, -0.25) is 4.79 Å². The number of aryl methyl sites for hydroxylation is 1. The number of hydrogen-bond donors (Lipinski definition) is 0. The van der Waals surface area contributed by atoms with Crippen LogP contribution in [0.3, 0.4) is 0 Å². The Morgan fingerprint density at radius 2 is 1.95 bits per heavy atom. The summed E-state index contributed by atoms with van der Waals surface area (Å²) in [5, 5.41) is 0. The van der Waals surface area contributed by atoms with Gasteiger partial charge in [-0.2, -0.15) is 0 Å². The number of carbonyl (C=O) groups excluding carboxylic acids is 1. The maximum atomic E-state index is 11.3. The van der Waals surface area contributed by atoms with Crippen LogP contribution in [0, 0.1) is 20.8 Å². The van der Waals surface area contributed by atoms with E-state index < -0.39 is 0 Å². The summed E-state index contributed by atoms with van der Waals surface area (Å²) in [4.78, 5) is 15.9. The van der Waals surface area contributed by atoms with E-state index in [1.54, 1.807) is 0 Å². The zero-order valence-electron chi connectivity index (χ0n) is 12.4. The lowest BCUT2D eigenvalue weighted by Gasteiger charge is -2.18. The summed E-state index contributed by atoms with van der Waals surface area (Å²) in [6.07, 6.45) is 4.18. The first-order valence-corrected chi connectivity index (χ1v) is 7.25. The fourth-order valence-corrected chi connectivity index (χ4v) is 3.07. The fraction of sp³-hybridized carbons (Fsp3) is 0.412. The van der Waals surface area contributed by atoms with E-state index >= 15 is 0 Å². The largest absolute Gasteiger partial charge is 0.327 e. The van der Waals surface area contributed by atoms with Crippen LogP contribution in [0.1, 0.15) is 45.7 Å². The lowest BCUT2D eigenvalue weighted by Crippen LogP contribution is -2.12. The highest BCUT2D eigenvalue weighted by Gasteiger charge is 2.21. The monoisotopic (exact) mass is 268 g/mol. The predicted molar refractivity (Wildman–Crippen MR) is 80.2 cm³/mol. The molecule has 0 saturated carbocycles. The molecule has 0 amide bonds. The van der Waals surface area contributed by atoms with E-state index in [9.17, 15) is 4.79 Å². The molecule has 0 spiro atoms. The number of fused-ring (bicyclic) bond motifs is 1. The molecule has 3 rings (SSSR count). The van der Waals surface area contributed by atoms with Crippen molar-refractivity contribution >= 4 is 6.29 Å². The van der Waals surface area contributed by atoms with Gasteiger partial charge in [0.1, 0.15) is 11.5 Å². The molecular weight excluding hydrogens is 248 g/mol. The van der Waals surface area contributed by atoms with Crippen LogP contribution in [0.2, 0.25) is 0 Å². The zero-order valence-corrected chi connectivity index (χ0v) is 12.4. The second kappa shape index (κ2) is 4.89. The van der Waals surface area contributed by atoms with Crippen LogP contribution >= 0.6 is 0 Å². The molecule has 0 saturated heterocycles. The highest BCUT2D eigenvalue weighted by molar-refractivity contribution is 5.77. The van der Waals surface area contributed by atoms with Gasteiger partial charge in [0.15, 0.2) is 6.29 Å². The van der Waals surface area contributed by atoms with Crippen molar-refractivity contribution in [3.8, 4) is 11.4 Å². The SMILES string of the molecule is Cc1ccc(-c2nc(C=O)c3n2CCCC3)c(C)c1C. The average Bonchev–Trinajstić information content (AvgIpc) is 2.84. The van der Waals surface area contributed by atoms with Crippen LogP contribution in [0.5, 0.6) is 0 Å². The van der Waals surface area contributed by atoms with Crippen molar-refractivity contribution in [3.05, 3.63) is 40.2 Å². The number of hydrogen-bond acceptors (Lipinski definition) is 2. The zero-order chi connectivity index (χ0) is 14.3. The van der Waals surface area contributed by atoms with Gasteiger partial charge in [0.25, 0.3) is 0 Å². The van der Waals surface area contributed by atoms with Crippen LogP contribution in [0.15, 0.2) is 12.1 Å². The Bertz CT molecular complexity index is 683. The van der Waals surface area contributed by atoms with E-state index in [0.717, 1.165) is 42.8 Å². The van der Waals surface area contributed by atoms with Crippen molar-refractivity contribution < 1.29 is 4.79 Å². The third-order valence-electron chi connectivity index (χ3n) is 4.56. The summed E-state index contributed by atoms with van der Waals surface area (Å²) in [5.41, 5.74) is 6.76. The molecule has 2 aromatic rings. The van der Waals surface area contributed by atoms with Gasteiger partial charge in [0.05, 0.1) is 0 Å². The Morgan fingerprint density at radius 3 is 2.70 bits per heavy atom. The lowest BCUT2D eigenvalue weighted by atomic mass is 9.98. The van der Waals surface area contributed by atoms with Gasteiger partial charge < -0.3 is 4.57 Å². The van der Waals surface area contributed by atoms with Gasteiger partial charge in [0.2, 0.25) is 0 Å². The van der Waals surface area contributed by atoms with Crippen molar-refractivity contribution in [2.45, 2.75) is 46.6 Å². The average molecular weight is 268 g/mol. The molecule has 0 N–H and O–H groups in total. The summed E-state index contributed by atoms with van der Waals surface area (Å²) >= 11 is 0. The smallest absolute Gasteiger partial charge is 0.170 e. The molecule has 0 fully saturated rings. The van der Waals surface area contributed by atoms with Crippen molar-refractivity contribution in [2.24, 2.45) is 0 Å². The Labute approximate surface area is 119 Å². The maximum absolute atomic E-state index is 11.3. The van der Waals surface area contributed by atoms with E-state index in [2.05, 4.69) is 42.5 Å². The standard InChI is InChI=1S/C17H20N2O/c1-11-7-8-14(13(3)12(11)2)17-18-15(10-20)16-6-4-5-9-19(16)17/h7-8,10H,4-6,9H2,1-3H3. The van der Waals surface area contributed by atoms with Crippen LogP contribution in [0.25, 0.3) is 11.4 Å². The van der Waals surface area contributed by atoms with Crippen LogP contribution in [-0.2, 0) is 13.0 Å². The summed E-state index contributed by atoms with van der Waals surface area (Å²) in [6, 6.07) is 4.28. The summed E-state index contributed by atoms with van der Waals surface area (Å²) in [6.45, 7) is 7.39. The van der Waals surface area contributed by atoms with E-state index in [0.29, 0.717) is 5.69 Å². The van der Waals surface area contributed by atoms with Crippen LogP contribution in [0.4, 0.5) is 0 Å². The number of aldehydes is 1. The maximum Gasteiger partial charge on any atom is 0.170 e. The Kier molecular flexibility index (Phi) is 3.20. The number of benzene rings is 1. The molecule has 3 nitrogen and oxygen atoms in total. The van der Waals surface area contributed by atoms with Gasteiger partial charge in [-0.1, -0.05) is 12.1 Å². The van der Waals surface area contributed by atoms with Crippen molar-refractivity contribution in [1.82, 2.24) is 9.55 Å². The van der Waals surface area contributed by atoms with Crippen LogP contribution < -0.4 is 0 Å². The van der Waals surface area contributed by atoms with E-state index in [1.165, 1.54) is 23.1 Å². The molecule has 20 heavy (non-hydrogen) atoms. The Morgan fingerprint density at radius 1 is 1.15 bits per heavy atom. The molecule has 1 aromatic heterocycles. The molecule has 104 valence electrons. The van der Waals surface area contributed by atoms with Crippen molar-refractivity contribution in [2.75, 3.05) is 0 Å². The first-order valence-electron chi connectivity index (χ1n) is 7.25. The van der Waals surface area contributed by atoms with Gasteiger partial charge >= 0.3 is 0 Å². The second-order valence-corrected chi connectivity index (χ2v) is 5.67. The number of rotatable bonds is 2. The normalized spacial score (nSPS) is 14.2. The lowest BCUT2D eigenvalue weighted by molar-refractivity contribution is 0.111. The quantitative estimate of drug-likeness (QED) is 0.780. The number of nitrogens with zero attached hydrogens (tertiary/aromatic N) is 2. The molecule has 2 heterocycles. The van der Waals surface area contributed by atoms with Gasteiger partial charge in [-0.25, -0.2) is 4.98 Å². The van der Waals surface area contributed by atoms with E-state index in [-0.39, 0.29) is 0 Å². The number of imidazole rings is 1. The third kappa shape index (κ3) is 1.89. The van der Waals surface area contributed by atoms with Crippen molar-refractivity contribution in [1.29, 1.82) is 0 Å². The fourth-order valence-electron chi connectivity index (χ4n) is 3.07. The van der Waals surface area contributed by atoms with Crippen LogP contribution in [-0.4, -0.2) is 15.8 Å².